The van der Waals surface area contributed by atoms with Gasteiger partial charge in [-0.05, 0) is 30.3 Å². The highest BCUT2D eigenvalue weighted by molar-refractivity contribution is 6.32. The highest BCUT2D eigenvalue weighted by Gasteiger charge is 2.17. The molecule has 2 aromatic carbocycles. The molecule has 8 heteroatoms. The molecule has 0 spiro atoms. The summed E-state index contributed by atoms with van der Waals surface area (Å²) in [5.74, 6) is -1.94. The Kier molecular flexibility index (Phi) is 5.48. The van der Waals surface area contributed by atoms with Crippen LogP contribution in [0.4, 0.5) is 8.78 Å². The molecule has 0 saturated carbocycles. The van der Waals surface area contributed by atoms with Crippen LogP contribution in [-0.4, -0.2) is 11.0 Å². The molecule has 0 bridgehead atoms. The maximum Gasteiger partial charge on any atom is 0.311 e. The topological polar surface area (TPSA) is 76.1 Å². The van der Waals surface area contributed by atoms with Gasteiger partial charge in [-0.3, -0.25) is 4.79 Å². The maximum absolute atomic E-state index is 13.8. The van der Waals surface area contributed by atoms with Crippen molar-refractivity contribution in [1.82, 2.24) is 4.98 Å². The highest BCUT2D eigenvalue weighted by atomic mass is 35.5. The van der Waals surface area contributed by atoms with Crippen molar-refractivity contribution in [2.24, 2.45) is 0 Å². The summed E-state index contributed by atoms with van der Waals surface area (Å²) in [6.45, 7) is 0. The fourth-order valence-electron chi connectivity index (χ4n) is 2.31. The third-order valence-corrected chi connectivity index (χ3v) is 3.89. The first-order valence-electron chi connectivity index (χ1n) is 7.77. The molecule has 0 aliphatic rings. The van der Waals surface area contributed by atoms with E-state index in [1.807, 2.05) is 6.07 Å². The van der Waals surface area contributed by atoms with Crippen molar-refractivity contribution in [3.63, 3.8) is 0 Å². The molecule has 1 aromatic heterocycles. The number of benzene rings is 2. The number of carbonyl (C=O) groups excluding carboxylic acids is 1. The van der Waals surface area contributed by atoms with Crippen molar-refractivity contribution in [1.29, 1.82) is 5.26 Å². The maximum atomic E-state index is 13.8. The first kappa shape index (κ1) is 18.5. The number of aromatic nitrogens is 1. The lowest BCUT2D eigenvalue weighted by molar-refractivity contribution is -0.134. The summed E-state index contributed by atoms with van der Waals surface area (Å²) in [5.41, 5.74) is 0.0238. The molecular weight excluding hydrogens is 378 g/mol. The molecule has 5 nitrogen and oxygen atoms in total. The lowest BCUT2D eigenvalue weighted by Gasteiger charge is -2.05. The fourth-order valence-corrected chi connectivity index (χ4v) is 2.53. The van der Waals surface area contributed by atoms with E-state index in [1.54, 1.807) is 0 Å². The van der Waals surface area contributed by atoms with Crippen LogP contribution in [0.15, 0.2) is 47.0 Å². The average Bonchev–Trinajstić information content (AvgIpc) is 3.10. The second-order valence-corrected chi connectivity index (χ2v) is 5.85. The first-order chi connectivity index (χ1) is 13.0. The molecule has 3 rings (SSSR count). The minimum atomic E-state index is -0.771. The molecule has 0 radical (unpaired) electrons. The second-order valence-electron chi connectivity index (χ2n) is 5.45. The van der Waals surface area contributed by atoms with Gasteiger partial charge in [0, 0.05) is 6.42 Å². The second kappa shape index (κ2) is 7.98. The number of nitrogens with zero attached hydrogens (tertiary/aromatic N) is 2. The van der Waals surface area contributed by atoms with E-state index < -0.39 is 17.6 Å². The molecule has 0 unspecified atom stereocenters. The quantitative estimate of drug-likeness (QED) is 0.468. The van der Waals surface area contributed by atoms with E-state index in [2.05, 4.69) is 4.98 Å². The normalized spacial score (nSPS) is 10.4. The van der Waals surface area contributed by atoms with Crippen LogP contribution in [0.2, 0.25) is 5.02 Å². The van der Waals surface area contributed by atoms with Gasteiger partial charge in [0.15, 0.2) is 11.7 Å². The van der Waals surface area contributed by atoms with Crippen molar-refractivity contribution in [3.8, 4) is 23.1 Å². The zero-order chi connectivity index (χ0) is 19.4. The largest absolute Gasteiger partial charge is 0.441 e. The Labute approximate surface area is 157 Å². The lowest BCUT2D eigenvalue weighted by atomic mass is 10.1. The molecule has 0 atom stereocenters. The van der Waals surface area contributed by atoms with E-state index in [1.165, 1.54) is 30.5 Å². The van der Waals surface area contributed by atoms with Gasteiger partial charge in [-0.25, -0.2) is 13.8 Å². The molecule has 3 aromatic rings. The molecule has 1 heterocycles. The number of halogens is 3. The predicted molar refractivity (Wildman–Crippen MR) is 92.0 cm³/mol. The van der Waals surface area contributed by atoms with Crippen LogP contribution in [0.5, 0.6) is 5.75 Å². The fraction of sp³-hybridized carbons (Fsp3) is 0.105. The van der Waals surface area contributed by atoms with Crippen molar-refractivity contribution in [2.45, 2.75) is 12.8 Å². The molecule has 136 valence electrons. The SMILES string of the molecule is N#Cc1ccc(OC(=O)CCc2ncc(-c3c(F)cccc3F)o2)c(Cl)c1. The molecule has 0 aliphatic heterocycles. The Balaban J connectivity index is 1.63. The molecule has 27 heavy (non-hydrogen) atoms. The number of esters is 1. The van der Waals surface area contributed by atoms with Crippen molar-refractivity contribution < 1.29 is 22.7 Å². The van der Waals surface area contributed by atoms with Gasteiger partial charge in [0.1, 0.15) is 17.4 Å². The number of hydrogen-bond donors (Lipinski definition) is 0. The summed E-state index contributed by atoms with van der Waals surface area (Å²) >= 11 is 5.94. The Morgan fingerprint density at radius 1 is 1.26 bits per heavy atom. The summed E-state index contributed by atoms with van der Waals surface area (Å²) in [6, 6.07) is 9.66. The summed E-state index contributed by atoms with van der Waals surface area (Å²) in [5, 5.41) is 8.92. The van der Waals surface area contributed by atoms with E-state index >= 15 is 0 Å². The van der Waals surface area contributed by atoms with Gasteiger partial charge in [-0.2, -0.15) is 5.26 Å². The van der Waals surface area contributed by atoms with Gasteiger partial charge < -0.3 is 9.15 Å². The van der Waals surface area contributed by atoms with Crippen molar-refractivity contribution in [2.75, 3.05) is 0 Å². The standard InChI is InChI=1S/C19H11ClF2N2O3/c20-12-8-11(9-23)4-5-15(12)27-18(25)7-6-17-24-10-16(26-17)19-13(21)2-1-3-14(19)22/h1-5,8,10H,6-7H2. The third-order valence-electron chi connectivity index (χ3n) is 3.59. The molecule has 0 aliphatic carbocycles. The molecule has 0 amide bonds. The first-order valence-corrected chi connectivity index (χ1v) is 8.15. The number of carbonyl (C=O) groups is 1. The van der Waals surface area contributed by atoms with Crippen LogP contribution in [0.3, 0.4) is 0 Å². The van der Waals surface area contributed by atoms with Gasteiger partial charge in [0.2, 0.25) is 0 Å². The Hall–Kier alpha value is -3.24. The monoisotopic (exact) mass is 388 g/mol. The number of rotatable bonds is 5. The van der Waals surface area contributed by atoms with Gasteiger partial charge in [0.25, 0.3) is 0 Å². The molecular formula is C19H11ClF2N2O3. The summed E-state index contributed by atoms with van der Waals surface area (Å²) in [7, 11) is 0. The smallest absolute Gasteiger partial charge is 0.311 e. The molecule has 0 saturated heterocycles. The Bertz CT molecular complexity index is 1020. The average molecular weight is 389 g/mol. The van der Waals surface area contributed by atoms with E-state index in [9.17, 15) is 13.6 Å². The minimum absolute atomic E-state index is 0.0656. The number of oxazole rings is 1. The minimum Gasteiger partial charge on any atom is -0.441 e. The highest BCUT2D eigenvalue weighted by Crippen LogP contribution is 2.28. The van der Waals surface area contributed by atoms with Crippen LogP contribution in [-0.2, 0) is 11.2 Å². The van der Waals surface area contributed by atoms with Crippen LogP contribution in [0, 0.1) is 23.0 Å². The van der Waals surface area contributed by atoms with Crippen LogP contribution >= 0.6 is 11.6 Å². The van der Waals surface area contributed by atoms with Gasteiger partial charge in [-0.15, -0.1) is 0 Å². The number of hydrogen-bond acceptors (Lipinski definition) is 5. The Morgan fingerprint density at radius 3 is 2.67 bits per heavy atom. The van der Waals surface area contributed by atoms with Gasteiger partial charge in [0.05, 0.1) is 34.8 Å². The van der Waals surface area contributed by atoms with Crippen molar-refractivity contribution >= 4 is 17.6 Å². The van der Waals surface area contributed by atoms with Crippen molar-refractivity contribution in [3.05, 3.63) is 70.7 Å². The van der Waals surface area contributed by atoms with E-state index in [0.29, 0.717) is 5.56 Å². The van der Waals surface area contributed by atoms with Gasteiger partial charge in [-0.1, -0.05) is 17.7 Å². The number of aryl methyl sites for hydroxylation is 1. The summed E-state index contributed by atoms with van der Waals surface area (Å²) in [4.78, 5) is 15.9. The van der Waals surface area contributed by atoms with E-state index in [-0.39, 0.29) is 40.8 Å². The van der Waals surface area contributed by atoms with E-state index in [0.717, 1.165) is 12.1 Å². The zero-order valence-electron chi connectivity index (χ0n) is 13.7. The zero-order valence-corrected chi connectivity index (χ0v) is 14.5. The molecule has 0 fully saturated rings. The number of ether oxygens (including phenoxy) is 1. The Morgan fingerprint density at radius 2 is 2.00 bits per heavy atom. The molecule has 0 N–H and O–H groups in total. The van der Waals surface area contributed by atoms with Crippen LogP contribution < -0.4 is 4.74 Å². The van der Waals surface area contributed by atoms with E-state index in [4.69, 9.17) is 26.0 Å². The van der Waals surface area contributed by atoms with Gasteiger partial charge >= 0.3 is 5.97 Å². The van der Waals surface area contributed by atoms with Crippen LogP contribution in [0.25, 0.3) is 11.3 Å². The predicted octanol–water partition coefficient (Wildman–Crippen LogP) is 4.68. The summed E-state index contributed by atoms with van der Waals surface area (Å²) < 4.78 is 38.0. The number of nitriles is 1. The lowest BCUT2D eigenvalue weighted by Crippen LogP contribution is -2.09. The van der Waals surface area contributed by atoms with Crippen LogP contribution in [0.1, 0.15) is 17.9 Å². The third kappa shape index (κ3) is 4.30. The summed E-state index contributed by atoms with van der Waals surface area (Å²) in [6.07, 6.45) is 1.18.